The average molecular weight is 390 g/mol. The minimum absolute atomic E-state index is 0. The van der Waals surface area contributed by atoms with Crippen LogP contribution in [0, 0.1) is 17.7 Å². The maximum absolute atomic E-state index is 13.7. The molecule has 0 aromatic heterocycles. The summed E-state index contributed by atoms with van der Waals surface area (Å²) in [6, 6.07) is 6.64. The number of benzene rings is 1. The number of likely N-dealkylation sites (tertiary alicyclic amines) is 1. The van der Waals surface area contributed by atoms with Gasteiger partial charge in [-0.1, -0.05) is 25.0 Å². The van der Waals surface area contributed by atoms with Crippen LogP contribution in [0.5, 0.6) is 0 Å². The molecule has 0 unspecified atom stereocenters. The lowest BCUT2D eigenvalue weighted by Gasteiger charge is -2.34. The summed E-state index contributed by atoms with van der Waals surface area (Å²) in [6.45, 7) is 2.54. The Morgan fingerprint density at radius 3 is 2.64 bits per heavy atom. The monoisotopic (exact) mass is 389 g/mol. The third-order valence-electron chi connectivity index (χ3n) is 5.94. The highest BCUT2D eigenvalue weighted by atomic mass is 35.5. The van der Waals surface area contributed by atoms with Gasteiger partial charge in [0.05, 0.1) is 11.6 Å². The molecule has 7 heteroatoms. The van der Waals surface area contributed by atoms with E-state index in [0.29, 0.717) is 11.8 Å². The molecule has 2 saturated heterocycles. The summed E-state index contributed by atoms with van der Waals surface area (Å²) in [4.78, 5) is 15.1. The van der Waals surface area contributed by atoms with E-state index < -0.39 is 5.54 Å². The van der Waals surface area contributed by atoms with E-state index in [2.05, 4.69) is 5.32 Å². The van der Waals surface area contributed by atoms with E-state index in [1.54, 1.807) is 12.1 Å². The van der Waals surface area contributed by atoms with Gasteiger partial charge in [0.1, 0.15) is 5.82 Å². The predicted octanol–water partition coefficient (Wildman–Crippen LogP) is 2.66. The molecule has 1 aromatic carbocycles. The molecule has 25 heavy (non-hydrogen) atoms. The van der Waals surface area contributed by atoms with Crippen LogP contribution in [-0.4, -0.2) is 36.0 Å². The SMILES string of the molecule is Cl.Cl.NC1(C(=O)N2C[C@@H]3CNC[C@@H]3[C@@H]2c2cccc(F)c2)CCCC1. The van der Waals surface area contributed by atoms with Crippen LogP contribution in [-0.2, 0) is 4.79 Å². The predicted molar refractivity (Wildman–Crippen MR) is 101 cm³/mol. The van der Waals surface area contributed by atoms with E-state index in [0.717, 1.165) is 50.9 Å². The number of carbonyl (C=O) groups is 1. The van der Waals surface area contributed by atoms with Gasteiger partial charge >= 0.3 is 0 Å². The molecule has 4 rings (SSSR count). The lowest BCUT2D eigenvalue weighted by Crippen LogP contribution is -2.54. The standard InChI is InChI=1S/C18H24FN3O.2ClH/c19-14-5-3-4-12(8-14)16-15-10-21-9-13(15)11-22(16)17(23)18(20)6-1-2-7-18;;/h3-5,8,13,15-16,21H,1-2,6-7,9-11,20H2;2*1H/t13-,15-,16-;;/m0../s1. The molecule has 1 aromatic rings. The summed E-state index contributed by atoms with van der Waals surface area (Å²) in [6.07, 6.45) is 3.59. The van der Waals surface area contributed by atoms with Crippen molar-refractivity contribution in [2.45, 2.75) is 37.3 Å². The number of hydrogen-bond donors (Lipinski definition) is 2. The number of amides is 1. The summed E-state index contributed by atoms with van der Waals surface area (Å²) in [5, 5.41) is 3.41. The fourth-order valence-corrected chi connectivity index (χ4v) is 4.75. The topological polar surface area (TPSA) is 58.4 Å². The van der Waals surface area contributed by atoms with Gasteiger partial charge < -0.3 is 16.0 Å². The van der Waals surface area contributed by atoms with E-state index in [9.17, 15) is 9.18 Å². The molecule has 140 valence electrons. The van der Waals surface area contributed by atoms with Gasteiger partial charge in [-0.25, -0.2) is 4.39 Å². The van der Waals surface area contributed by atoms with Crippen LogP contribution in [0.3, 0.4) is 0 Å². The molecule has 1 saturated carbocycles. The summed E-state index contributed by atoms with van der Waals surface area (Å²) in [5.41, 5.74) is 6.61. The molecule has 2 heterocycles. The van der Waals surface area contributed by atoms with Crippen molar-refractivity contribution in [3.8, 4) is 0 Å². The highest BCUT2D eigenvalue weighted by molar-refractivity contribution is 5.87. The summed E-state index contributed by atoms with van der Waals surface area (Å²) >= 11 is 0. The Labute approximate surface area is 160 Å². The second kappa shape index (κ2) is 7.78. The molecule has 4 nitrogen and oxygen atoms in total. The minimum Gasteiger partial charge on any atom is -0.333 e. The first-order valence-electron chi connectivity index (χ1n) is 8.65. The van der Waals surface area contributed by atoms with E-state index in [-0.39, 0.29) is 42.6 Å². The first-order chi connectivity index (χ1) is 11.1. The zero-order valence-electron chi connectivity index (χ0n) is 14.1. The Hall–Kier alpha value is -0.880. The van der Waals surface area contributed by atoms with Gasteiger partial charge in [0.25, 0.3) is 0 Å². The second-order valence-electron chi connectivity index (χ2n) is 7.40. The lowest BCUT2D eigenvalue weighted by atomic mass is 9.89. The van der Waals surface area contributed by atoms with Crippen LogP contribution in [0.25, 0.3) is 0 Å². The number of nitrogens with zero attached hydrogens (tertiary/aromatic N) is 1. The Bertz CT molecular complexity index is 624. The molecule has 1 amide bonds. The molecule has 3 aliphatic rings. The number of nitrogens with one attached hydrogen (secondary N) is 1. The molecule has 2 aliphatic heterocycles. The second-order valence-corrected chi connectivity index (χ2v) is 7.40. The van der Waals surface area contributed by atoms with Crippen molar-refractivity contribution in [2.75, 3.05) is 19.6 Å². The van der Waals surface area contributed by atoms with Crippen LogP contribution < -0.4 is 11.1 Å². The number of rotatable bonds is 2. The average Bonchev–Trinajstić information content (AvgIpc) is 3.21. The minimum atomic E-state index is -0.711. The fourth-order valence-electron chi connectivity index (χ4n) is 4.75. The third-order valence-corrected chi connectivity index (χ3v) is 5.94. The van der Waals surface area contributed by atoms with Crippen LogP contribution in [0.1, 0.15) is 37.3 Å². The van der Waals surface area contributed by atoms with Crippen molar-refractivity contribution in [1.29, 1.82) is 0 Å². The highest BCUT2D eigenvalue weighted by Gasteiger charge is 2.51. The Morgan fingerprint density at radius 2 is 1.96 bits per heavy atom. The number of halogens is 3. The zero-order chi connectivity index (χ0) is 16.0. The van der Waals surface area contributed by atoms with Crippen LogP contribution in [0.4, 0.5) is 4.39 Å². The van der Waals surface area contributed by atoms with Gasteiger partial charge in [-0.3, -0.25) is 4.79 Å². The lowest BCUT2D eigenvalue weighted by molar-refractivity contribution is -0.138. The zero-order valence-corrected chi connectivity index (χ0v) is 15.8. The molecule has 0 radical (unpaired) electrons. The summed E-state index contributed by atoms with van der Waals surface area (Å²) in [5.74, 6) is 0.620. The van der Waals surface area contributed by atoms with E-state index in [1.165, 1.54) is 6.07 Å². The van der Waals surface area contributed by atoms with Crippen molar-refractivity contribution < 1.29 is 9.18 Å². The van der Waals surface area contributed by atoms with Crippen LogP contribution in [0.15, 0.2) is 24.3 Å². The van der Waals surface area contributed by atoms with E-state index >= 15 is 0 Å². The maximum Gasteiger partial charge on any atom is 0.243 e. The van der Waals surface area contributed by atoms with Crippen molar-refractivity contribution in [1.82, 2.24) is 10.2 Å². The number of nitrogens with two attached hydrogens (primary N) is 1. The van der Waals surface area contributed by atoms with Crippen molar-refractivity contribution in [2.24, 2.45) is 17.6 Å². The van der Waals surface area contributed by atoms with Crippen molar-refractivity contribution >= 4 is 30.7 Å². The Balaban J connectivity index is 0.00000113. The van der Waals surface area contributed by atoms with Gasteiger partial charge in [-0.05, 0) is 36.5 Å². The smallest absolute Gasteiger partial charge is 0.243 e. The molecule has 3 atom stereocenters. The van der Waals surface area contributed by atoms with Gasteiger partial charge in [0, 0.05) is 25.6 Å². The maximum atomic E-state index is 13.7. The quantitative estimate of drug-likeness (QED) is 0.817. The number of fused-ring (bicyclic) bond motifs is 1. The van der Waals surface area contributed by atoms with Gasteiger partial charge in [0.15, 0.2) is 0 Å². The Morgan fingerprint density at radius 1 is 1.24 bits per heavy atom. The van der Waals surface area contributed by atoms with Crippen LogP contribution >= 0.6 is 24.8 Å². The molecule has 1 aliphatic carbocycles. The van der Waals surface area contributed by atoms with E-state index in [4.69, 9.17) is 5.73 Å². The first-order valence-corrected chi connectivity index (χ1v) is 8.65. The summed E-state index contributed by atoms with van der Waals surface area (Å²) < 4.78 is 13.7. The number of hydrogen-bond acceptors (Lipinski definition) is 3. The summed E-state index contributed by atoms with van der Waals surface area (Å²) in [7, 11) is 0. The molecule has 0 bridgehead atoms. The Kier molecular flexibility index (Phi) is 6.36. The van der Waals surface area contributed by atoms with Crippen molar-refractivity contribution in [3.05, 3.63) is 35.6 Å². The van der Waals surface area contributed by atoms with Crippen LogP contribution in [0.2, 0.25) is 0 Å². The molecule has 3 fully saturated rings. The first kappa shape index (κ1) is 20.4. The molecular weight excluding hydrogens is 364 g/mol. The molecule has 0 spiro atoms. The number of carbonyl (C=O) groups excluding carboxylic acids is 1. The fraction of sp³-hybridized carbons (Fsp3) is 0.611. The van der Waals surface area contributed by atoms with Gasteiger partial charge in [0.2, 0.25) is 5.91 Å². The molecular formula is C18H26Cl2FN3O. The normalized spacial score (nSPS) is 29.7. The largest absolute Gasteiger partial charge is 0.333 e. The highest BCUT2D eigenvalue weighted by Crippen LogP contribution is 2.44. The van der Waals surface area contributed by atoms with Gasteiger partial charge in [-0.15, -0.1) is 24.8 Å². The van der Waals surface area contributed by atoms with Gasteiger partial charge in [-0.2, -0.15) is 0 Å². The third kappa shape index (κ3) is 3.52. The van der Waals surface area contributed by atoms with Crippen molar-refractivity contribution in [3.63, 3.8) is 0 Å². The van der Waals surface area contributed by atoms with E-state index in [1.807, 2.05) is 11.0 Å². The molecule has 3 N–H and O–H groups in total.